The summed E-state index contributed by atoms with van der Waals surface area (Å²) in [7, 11) is 1.64. The van der Waals surface area contributed by atoms with Crippen molar-refractivity contribution in [1.82, 2.24) is 9.55 Å². The molecule has 21 heavy (non-hydrogen) atoms. The zero-order valence-electron chi connectivity index (χ0n) is 11.5. The Labute approximate surface area is 131 Å². The van der Waals surface area contributed by atoms with Gasteiger partial charge in [-0.2, -0.15) is 0 Å². The monoisotopic (exact) mass is 343 g/mol. The molecule has 0 amide bonds. The number of methoxy groups -OCH3 is 1. The minimum atomic E-state index is 0.567. The summed E-state index contributed by atoms with van der Waals surface area (Å²) in [5.74, 6) is 1.31. The Morgan fingerprint density at radius 1 is 1.05 bits per heavy atom. The Morgan fingerprint density at radius 3 is 2.43 bits per heavy atom. The lowest BCUT2D eigenvalue weighted by atomic mass is 10.1. The molecule has 4 nitrogen and oxygen atoms in total. The highest BCUT2D eigenvalue weighted by Crippen LogP contribution is 2.34. The third-order valence-electron chi connectivity index (χ3n) is 3.25. The van der Waals surface area contributed by atoms with Crippen molar-refractivity contribution in [2.24, 2.45) is 0 Å². The van der Waals surface area contributed by atoms with Crippen molar-refractivity contribution in [1.29, 1.82) is 0 Å². The second-order valence-electron chi connectivity index (χ2n) is 4.49. The van der Waals surface area contributed by atoms with E-state index in [0.29, 0.717) is 10.6 Å². The largest absolute Gasteiger partial charge is 0.495 e. The fraction of sp³-hybridized carbons (Fsp3) is 0.0625. The molecule has 3 rings (SSSR count). The van der Waals surface area contributed by atoms with Crippen LogP contribution in [0.15, 0.2) is 59.3 Å². The number of rotatable bonds is 3. The molecule has 0 fully saturated rings. The van der Waals surface area contributed by atoms with Crippen LogP contribution < -0.4 is 10.5 Å². The average Bonchev–Trinajstić information content (AvgIpc) is 2.83. The van der Waals surface area contributed by atoms with E-state index in [1.165, 1.54) is 0 Å². The van der Waals surface area contributed by atoms with Gasteiger partial charge in [0.15, 0.2) is 4.73 Å². The summed E-state index contributed by atoms with van der Waals surface area (Å²) < 4.78 is 7.88. The highest BCUT2D eigenvalue weighted by molar-refractivity contribution is 9.10. The number of benzene rings is 2. The summed E-state index contributed by atoms with van der Waals surface area (Å²) in [6.07, 6.45) is 0. The van der Waals surface area contributed by atoms with Crippen LogP contribution in [0.4, 0.5) is 5.82 Å². The van der Waals surface area contributed by atoms with Gasteiger partial charge in [0.1, 0.15) is 17.3 Å². The van der Waals surface area contributed by atoms with E-state index in [-0.39, 0.29) is 0 Å². The number of imidazole rings is 1. The molecule has 0 saturated carbocycles. The van der Waals surface area contributed by atoms with Crippen molar-refractivity contribution in [3.63, 3.8) is 0 Å². The highest BCUT2D eigenvalue weighted by Gasteiger charge is 2.17. The summed E-state index contributed by atoms with van der Waals surface area (Å²) in [4.78, 5) is 4.53. The standard InChI is InChI=1S/C16H14BrN3O/c1-21-13-10-6-5-9-12(13)20-15(18)14(19-16(20)17)11-7-3-2-4-8-11/h2-10H,18H2,1H3. The molecule has 1 heterocycles. The first-order chi connectivity index (χ1) is 10.2. The fourth-order valence-corrected chi connectivity index (χ4v) is 2.82. The van der Waals surface area contributed by atoms with Crippen LogP contribution in [-0.2, 0) is 0 Å². The molecular formula is C16H14BrN3O. The quantitative estimate of drug-likeness (QED) is 0.784. The van der Waals surface area contributed by atoms with E-state index in [0.717, 1.165) is 22.7 Å². The van der Waals surface area contributed by atoms with E-state index >= 15 is 0 Å². The van der Waals surface area contributed by atoms with Crippen LogP contribution in [0.1, 0.15) is 0 Å². The SMILES string of the molecule is COc1ccccc1-n1c(Br)nc(-c2ccccc2)c1N. The molecule has 0 aliphatic rings. The molecule has 0 aliphatic carbocycles. The van der Waals surface area contributed by atoms with Crippen molar-refractivity contribution in [3.05, 3.63) is 59.3 Å². The van der Waals surface area contributed by atoms with Gasteiger partial charge in [-0.3, -0.25) is 4.57 Å². The summed E-state index contributed by atoms with van der Waals surface area (Å²) in [6.45, 7) is 0. The van der Waals surface area contributed by atoms with Crippen LogP contribution in [0, 0.1) is 0 Å². The molecule has 1 aromatic heterocycles. The van der Waals surface area contributed by atoms with Crippen molar-refractivity contribution in [2.45, 2.75) is 0 Å². The second-order valence-corrected chi connectivity index (χ2v) is 5.20. The molecule has 0 spiro atoms. The average molecular weight is 344 g/mol. The first-order valence-electron chi connectivity index (χ1n) is 6.45. The van der Waals surface area contributed by atoms with Gasteiger partial charge < -0.3 is 10.5 Å². The Kier molecular flexibility index (Phi) is 3.66. The van der Waals surface area contributed by atoms with Crippen molar-refractivity contribution in [2.75, 3.05) is 12.8 Å². The van der Waals surface area contributed by atoms with E-state index in [9.17, 15) is 0 Å². The lowest BCUT2D eigenvalue weighted by Crippen LogP contribution is -2.03. The number of anilines is 1. The molecule has 5 heteroatoms. The molecule has 0 aliphatic heterocycles. The minimum absolute atomic E-state index is 0.567. The third kappa shape index (κ3) is 2.40. The van der Waals surface area contributed by atoms with Gasteiger partial charge in [0, 0.05) is 5.56 Å². The number of para-hydroxylation sites is 2. The van der Waals surface area contributed by atoms with Gasteiger partial charge in [0.05, 0.1) is 12.8 Å². The van der Waals surface area contributed by atoms with E-state index in [1.807, 2.05) is 59.2 Å². The Hall–Kier alpha value is -2.27. The smallest absolute Gasteiger partial charge is 0.184 e. The zero-order chi connectivity index (χ0) is 14.8. The summed E-state index contributed by atoms with van der Waals surface area (Å²) in [5.41, 5.74) is 8.87. The Balaban J connectivity index is 2.19. The molecule has 0 radical (unpaired) electrons. The van der Waals surface area contributed by atoms with E-state index in [1.54, 1.807) is 7.11 Å². The maximum atomic E-state index is 6.31. The van der Waals surface area contributed by atoms with Gasteiger partial charge in [-0.25, -0.2) is 4.98 Å². The molecule has 0 saturated heterocycles. The van der Waals surface area contributed by atoms with Crippen LogP contribution >= 0.6 is 15.9 Å². The number of hydrogen-bond acceptors (Lipinski definition) is 3. The van der Waals surface area contributed by atoms with Crippen molar-refractivity contribution in [3.8, 4) is 22.7 Å². The summed E-state index contributed by atoms with van der Waals surface area (Å²) in [6, 6.07) is 17.5. The van der Waals surface area contributed by atoms with Gasteiger partial charge in [-0.15, -0.1) is 0 Å². The number of nitrogens with two attached hydrogens (primary N) is 1. The number of hydrogen-bond donors (Lipinski definition) is 1. The molecule has 2 aromatic carbocycles. The predicted molar refractivity (Wildman–Crippen MR) is 87.7 cm³/mol. The number of aromatic nitrogens is 2. The lowest BCUT2D eigenvalue weighted by Gasteiger charge is -2.11. The molecular weight excluding hydrogens is 330 g/mol. The maximum Gasteiger partial charge on any atom is 0.184 e. The molecule has 2 N–H and O–H groups in total. The first-order valence-corrected chi connectivity index (χ1v) is 7.24. The number of halogens is 1. The van der Waals surface area contributed by atoms with Crippen LogP contribution in [0.3, 0.4) is 0 Å². The van der Waals surface area contributed by atoms with Gasteiger partial charge in [-0.1, -0.05) is 42.5 Å². The fourth-order valence-electron chi connectivity index (χ4n) is 2.26. The van der Waals surface area contributed by atoms with Gasteiger partial charge in [-0.05, 0) is 28.1 Å². The van der Waals surface area contributed by atoms with Crippen LogP contribution in [-0.4, -0.2) is 16.7 Å². The molecule has 3 aromatic rings. The van der Waals surface area contributed by atoms with Crippen LogP contribution in [0.2, 0.25) is 0 Å². The maximum absolute atomic E-state index is 6.31. The summed E-state index contributed by atoms with van der Waals surface area (Å²) in [5, 5.41) is 0. The predicted octanol–water partition coefficient (Wildman–Crippen LogP) is 3.89. The molecule has 0 atom stereocenters. The number of nitrogen functional groups attached to an aromatic ring is 1. The molecule has 106 valence electrons. The van der Waals surface area contributed by atoms with Gasteiger partial charge in [0.25, 0.3) is 0 Å². The summed E-state index contributed by atoms with van der Waals surface area (Å²) >= 11 is 3.48. The number of ether oxygens (including phenoxy) is 1. The second kappa shape index (κ2) is 5.61. The first kappa shape index (κ1) is 13.7. The molecule has 0 unspecified atom stereocenters. The van der Waals surface area contributed by atoms with E-state index < -0.39 is 0 Å². The van der Waals surface area contributed by atoms with Crippen LogP contribution in [0.5, 0.6) is 5.75 Å². The molecule has 0 bridgehead atoms. The Bertz CT molecular complexity index is 768. The normalized spacial score (nSPS) is 10.6. The van der Waals surface area contributed by atoms with Crippen LogP contribution in [0.25, 0.3) is 16.9 Å². The van der Waals surface area contributed by atoms with Gasteiger partial charge in [0.2, 0.25) is 0 Å². The minimum Gasteiger partial charge on any atom is -0.495 e. The van der Waals surface area contributed by atoms with Gasteiger partial charge >= 0.3 is 0 Å². The van der Waals surface area contributed by atoms with E-state index in [2.05, 4.69) is 20.9 Å². The highest BCUT2D eigenvalue weighted by atomic mass is 79.9. The Morgan fingerprint density at radius 2 is 1.71 bits per heavy atom. The van der Waals surface area contributed by atoms with E-state index in [4.69, 9.17) is 10.5 Å². The lowest BCUT2D eigenvalue weighted by molar-refractivity contribution is 0.413. The topological polar surface area (TPSA) is 53.1 Å². The van der Waals surface area contributed by atoms with Crippen molar-refractivity contribution < 1.29 is 4.74 Å². The number of nitrogens with zero attached hydrogens (tertiary/aromatic N) is 2. The third-order valence-corrected chi connectivity index (χ3v) is 3.78. The van der Waals surface area contributed by atoms with Crippen molar-refractivity contribution >= 4 is 21.7 Å². The zero-order valence-corrected chi connectivity index (χ0v) is 13.0.